The minimum atomic E-state index is -0.607. The Morgan fingerprint density at radius 3 is 2.26 bits per heavy atom. The van der Waals surface area contributed by atoms with Crippen LogP contribution in [0.3, 0.4) is 0 Å². The molecule has 0 radical (unpaired) electrons. The van der Waals surface area contributed by atoms with Gasteiger partial charge in [-0.05, 0) is 29.8 Å². The van der Waals surface area contributed by atoms with Crippen molar-refractivity contribution < 1.29 is 33.0 Å². The molecular formula is C23H23NO7. The molecule has 1 aromatic heterocycles. The second-order valence-corrected chi connectivity index (χ2v) is 6.42. The fourth-order valence-corrected chi connectivity index (χ4v) is 2.87. The number of anilines is 1. The van der Waals surface area contributed by atoms with Crippen LogP contribution < -0.4 is 19.5 Å². The summed E-state index contributed by atoms with van der Waals surface area (Å²) >= 11 is 0. The first kappa shape index (κ1) is 21.8. The van der Waals surface area contributed by atoms with E-state index >= 15 is 0 Å². The number of benzene rings is 2. The summed E-state index contributed by atoms with van der Waals surface area (Å²) in [7, 11) is 4.52. The molecule has 8 heteroatoms. The summed E-state index contributed by atoms with van der Waals surface area (Å²) < 4.78 is 26.2. The Morgan fingerprint density at radius 2 is 1.65 bits per heavy atom. The summed E-state index contributed by atoms with van der Waals surface area (Å²) in [4.78, 5) is 25.2. The van der Waals surface area contributed by atoms with E-state index in [1.165, 1.54) is 38.7 Å². The molecular weight excluding hydrogens is 402 g/mol. The van der Waals surface area contributed by atoms with Gasteiger partial charge in [-0.1, -0.05) is 12.1 Å². The number of carbonyl (C=O) groups excluding carboxylic acids is 2. The van der Waals surface area contributed by atoms with Gasteiger partial charge >= 0.3 is 5.97 Å². The van der Waals surface area contributed by atoms with Gasteiger partial charge in [-0.15, -0.1) is 0 Å². The fraction of sp³-hybridized carbons (Fsp3) is 0.217. The minimum absolute atomic E-state index is 0.105. The van der Waals surface area contributed by atoms with Gasteiger partial charge in [0.05, 0.1) is 45.5 Å². The molecule has 8 nitrogen and oxygen atoms in total. The van der Waals surface area contributed by atoms with Crippen LogP contribution in [-0.2, 0) is 11.2 Å². The monoisotopic (exact) mass is 425 g/mol. The van der Waals surface area contributed by atoms with E-state index in [1.54, 1.807) is 13.2 Å². The Bertz CT molecular complexity index is 1030. The molecule has 31 heavy (non-hydrogen) atoms. The standard InChI is InChI=1S/C23H23NO7/c1-27-16-8-6-15(7-9-16)10-12-31-23(26)17-13-20(28-2)21(29-3)14-18(17)24-22(25)19-5-4-11-30-19/h4-9,11,13-14H,10,12H2,1-3H3,(H,24,25). The average Bonchev–Trinajstić information content (AvgIpc) is 3.34. The number of hydrogen-bond acceptors (Lipinski definition) is 7. The lowest BCUT2D eigenvalue weighted by molar-refractivity contribution is 0.0510. The minimum Gasteiger partial charge on any atom is -0.497 e. The number of methoxy groups -OCH3 is 3. The van der Waals surface area contributed by atoms with Crippen molar-refractivity contribution in [3.8, 4) is 17.2 Å². The quantitative estimate of drug-likeness (QED) is 0.519. The highest BCUT2D eigenvalue weighted by Gasteiger charge is 2.21. The number of amides is 1. The van der Waals surface area contributed by atoms with E-state index < -0.39 is 11.9 Å². The first-order valence-electron chi connectivity index (χ1n) is 9.46. The summed E-state index contributed by atoms with van der Waals surface area (Å²) in [6.07, 6.45) is 1.91. The van der Waals surface area contributed by atoms with Gasteiger partial charge in [0.15, 0.2) is 17.3 Å². The number of ether oxygens (including phenoxy) is 4. The Balaban J connectivity index is 1.76. The SMILES string of the molecule is COc1ccc(CCOC(=O)c2cc(OC)c(OC)cc2NC(=O)c2ccco2)cc1. The average molecular weight is 425 g/mol. The summed E-state index contributed by atoms with van der Waals surface area (Å²) in [5, 5.41) is 2.66. The zero-order valence-corrected chi connectivity index (χ0v) is 17.5. The molecule has 0 unspecified atom stereocenters. The fourth-order valence-electron chi connectivity index (χ4n) is 2.87. The normalized spacial score (nSPS) is 10.3. The number of esters is 1. The van der Waals surface area contributed by atoms with E-state index in [-0.39, 0.29) is 23.6 Å². The van der Waals surface area contributed by atoms with Crippen molar-refractivity contribution in [2.45, 2.75) is 6.42 Å². The lowest BCUT2D eigenvalue weighted by Crippen LogP contribution is -2.16. The van der Waals surface area contributed by atoms with Gasteiger partial charge in [0, 0.05) is 18.6 Å². The molecule has 162 valence electrons. The second-order valence-electron chi connectivity index (χ2n) is 6.42. The Hall–Kier alpha value is -3.94. The maximum Gasteiger partial charge on any atom is 0.340 e. The molecule has 0 fully saturated rings. The molecule has 1 N–H and O–H groups in total. The molecule has 1 amide bonds. The van der Waals surface area contributed by atoms with E-state index in [0.29, 0.717) is 17.9 Å². The smallest absolute Gasteiger partial charge is 0.340 e. The predicted molar refractivity (Wildman–Crippen MR) is 113 cm³/mol. The van der Waals surface area contributed by atoms with Gasteiger partial charge in [0.2, 0.25) is 0 Å². The van der Waals surface area contributed by atoms with Crippen LogP contribution in [0.5, 0.6) is 17.2 Å². The molecule has 2 aromatic carbocycles. The van der Waals surface area contributed by atoms with Crippen molar-refractivity contribution >= 4 is 17.6 Å². The topological polar surface area (TPSA) is 96.2 Å². The van der Waals surface area contributed by atoms with Crippen LogP contribution in [0.1, 0.15) is 26.5 Å². The third-order valence-corrected chi connectivity index (χ3v) is 4.52. The lowest BCUT2D eigenvalue weighted by atomic mass is 10.1. The predicted octanol–water partition coefficient (Wildman–Crippen LogP) is 3.96. The van der Waals surface area contributed by atoms with Crippen LogP contribution in [0, 0.1) is 0 Å². The molecule has 0 atom stereocenters. The largest absolute Gasteiger partial charge is 0.497 e. The van der Waals surface area contributed by atoms with E-state index in [0.717, 1.165) is 11.3 Å². The summed E-state index contributed by atoms with van der Waals surface area (Å²) in [5.41, 5.74) is 1.34. The Kier molecular flexibility index (Phi) is 7.16. The van der Waals surface area contributed by atoms with E-state index in [1.807, 2.05) is 24.3 Å². The van der Waals surface area contributed by atoms with Crippen molar-refractivity contribution in [3.05, 3.63) is 71.7 Å². The van der Waals surface area contributed by atoms with Crippen molar-refractivity contribution in [1.82, 2.24) is 0 Å². The molecule has 0 spiro atoms. The summed E-state index contributed by atoms with van der Waals surface area (Å²) in [6.45, 7) is 0.158. The van der Waals surface area contributed by atoms with Gasteiger partial charge in [-0.3, -0.25) is 4.79 Å². The Morgan fingerprint density at radius 1 is 0.935 bits per heavy atom. The Labute approximate surface area is 179 Å². The molecule has 3 aromatic rings. The number of nitrogens with one attached hydrogen (secondary N) is 1. The lowest BCUT2D eigenvalue weighted by Gasteiger charge is -2.15. The zero-order valence-electron chi connectivity index (χ0n) is 17.5. The van der Waals surface area contributed by atoms with E-state index in [4.69, 9.17) is 23.4 Å². The number of hydrogen-bond donors (Lipinski definition) is 1. The molecule has 0 aliphatic heterocycles. The van der Waals surface area contributed by atoms with Crippen LogP contribution in [0.25, 0.3) is 0 Å². The molecule has 0 aliphatic rings. The molecule has 0 bridgehead atoms. The van der Waals surface area contributed by atoms with Crippen molar-refractivity contribution in [2.24, 2.45) is 0 Å². The van der Waals surface area contributed by atoms with Crippen molar-refractivity contribution in [2.75, 3.05) is 33.3 Å². The summed E-state index contributed by atoms with van der Waals surface area (Å²) in [6, 6.07) is 13.6. The maximum atomic E-state index is 12.8. The van der Waals surface area contributed by atoms with E-state index in [9.17, 15) is 9.59 Å². The third-order valence-electron chi connectivity index (χ3n) is 4.52. The number of rotatable bonds is 9. The molecule has 1 heterocycles. The second kappa shape index (κ2) is 10.2. The highest BCUT2D eigenvalue weighted by Crippen LogP contribution is 2.34. The highest BCUT2D eigenvalue weighted by atomic mass is 16.5. The number of carbonyl (C=O) groups is 2. The first-order chi connectivity index (χ1) is 15.0. The third kappa shape index (κ3) is 5.36. The van der Waals surface area contributed by atoms with Crippen molar-refractivity contribution in [3.63, 3.8) is 0 Å². The van der Waals surface area contributed by atoms with Crippen LogP contribution in [-0.4, -0.2) is 39.8 Å². The van der Waals surface area contributed by atoms with Gasteiger partial charge in [-0.2, -0.15) is 0 Å². The maximum absolute atomic E-state index is 12.8. The van der Waals surface area contributed by atoms with Crippen LogP contribution >= 0.6 is 0 Å². The zero-order chi connectivity index (χ0) is 22.2. The molecule has 0 saturated heterocycles. The van der Waals surface area contributed by atoms with Gasteiger partial charge in [0.1, 0.15) is 5.75 Å². The number of furan rings is 1. The van der Waals surface area contributed by atoms with E-state index in [2.05, 4.69) is 5.32 Å². The van der Waals surface area contributed by atoms with Crippen LogP contribution in [0.2, 0.25) is 0 Å². The molecule has 0 saturated carbocycles. The van der Waals surface area contributed by atoms with Crippen molar-refractivity contribution in [1.29, 1.82) is 0 Å². The summed E-state index contributed by atoms with van der Waals surface area (Å²) in [5.74, 6) is 0.429. The van der Waals surface area contributed by atoms with Crippen LogP contribution in [0.4, 0.5) is 5.69 Å². The van der Waals surface area contributed by atoms with Gasteiger partial charge < -0.3 is 28.7 Å². The molecule has 0 aliphatic carbocycles. The van der Waals surface area contributed by atoms with Gasteiger partial charge in [-0.25, -0.2) is 4.79 Å². The first-order valence-corrected chi connectivity index (χ1v) is 9.46. The van der Waals surface area contributed by atoms with Crippen LogP contribution in [0.15, 0.2) is 59.2 Å². The highest BCUT2D eigenvalue weighted by molar-refractivity contribution is 6.07. The molecule has 3 rings (SSSR count). The van der Waals surface area contributed by atoms with Gasteiger partial charge in [0.25, 0.3) is 5.91 Å².